The molecule has 0 saturated carbocycles. The Balaban J connectivity index is 2.08. The number of aromatic nitrogens is 1. The molecule has 0 amide bonds. The Labute approximate surface area is 113 Å². The molecule has 19 heavy (non-hydrogen) atoms. The summed E-state index contributed by atoms with van der Waals surface area (Å²) in [5.74, 6) is -0.0218. The van der Waals surface area contributed by atoms with Crippen LogP contribution in [0.4, 0.5) is 0 Å². The Morgan fingerprint density at radius 3 is 2.68 bits per heavy atom. The molecule has 0 aliphatic carbocycles. The van der Waals surface area contributed by atoms with Crippen molar-refractivity contribution < 1.29 is 4.79 Å². The Bertz CT molecular complexity index is 829. The quantitative estimate of drug-likeness (QED) is 0.727. The Hall–Kier alpha value is -2.20. The standard InChI is InChI=1S/C15H11NO2S/c1-9-3-2-4-10(7-9)14(17)11-5-6-12-13(8-11)19-15(18)16-12/h2-8H,1H3,(H,16,18). The van der Waals surface area contributed by atoms with Crippen molar-refractivity contribution in [3.8, 4) is 0 Å². The van der Waals surface area contributed by atoms with Crippen LogP contribution in [-0.4, -0.2) is 10.8 Å². The average molecular weight is 269 g/mol. The van der Waals surface area contributed by atoms with Gasteiger partial charge in [-0.3, -0.25) is 9.59 Å². The molecule has 3 rings (SSSR count). The van der Waals surface area contributed by atoms with Gasteiger partial charge in [-0.1, -0.05) is 35.1 Å². The highest BCUT2D eigenvalue weighted by atomic mass is 32.1. The zero-order chi connectivity index (χ0) is 13.4. The SMILES string of the molecule is Cc1cccc(C(=O)c2ccc3[nH]c(=O)sc3c2)c1. The first kappa shape index (κ1) is 11.9. The molecule has 0 fully saturated rings. The van der Waals surface area contributed by atoms with E-state index in [-0.39, 0.29) is 10.7 Å². The third-order valence-electron chi connectivity index (χ3n) is 2.96. The van der Waals surface area contributed by atoms with E-state index in [2.05, 4.69) is 4.98 Å². The van der Waals surface area contributed by atoms with Gasteiger partial charge in [-0.25, -0.2) is 0 Å². The zero-order valence-electron chi connectivity index (χ0n) is 10.3. The second-order valence-electron chi connectivity index (χ2n) is 4.42. The minimum atomic E-state index is -0.102. The van der Waals surface area contributed by atoms with Gasteiger partial charge in [0.1, 0.15) is 0 Å². The molecule has 0 bridgehead atoms. The number of ketones is 1. The molecular formula is C15H11NO2S. The van der Waals surface area contributed by atoms with Crippen molar-refractivity contribution in [2.45, 2.75) is 6.92 Å². The fraction of sp³-hybridized carbons (Fsp3) is 0.0667. The lowest BCUT2D eigenvalue weighted by molar-refractivity contribution is 0.103. The molecule has 0 unspecified atom stereocenters. The van der Waals surface area contributed by atoms with Gasteiger partial charge in [0.2, 0.25) is 0 Å². The van der Waals surface area contributed by atoms with Crippen molar-refractivity contribution in [1.29, 1.82) is 0 Å². The van der Waals surface area contributed by atoms with Crippen LogP contribution in [0.5, 0.6) is 0 Å². The molecule has 0 spiro atoms. The van der Waals surface area contributed by atoms with Crippen LogP contribution in [0.1, 0.15) is 21.5 Å². The van der Waals surface area contributed by atoms with Crippen molar-refractivity contribution in [3.05, 3.63) is 68.8 Å². The molecule has 0 aliphatic heterocycles. The topological polar surface area (TPSA) is 49.9 Å². The molecule has 0 radical (unpaired) electrons. The predicted molar refractivity (Wildman–Crippen MR) is 77.1 cm³/mol. The van der Waals surface area contributed by atoms with Crippen LogP contribution in [0, 0.1) is 6.92 Å². The van der Waals surface area contributed by atoms with Gasteiger partial charge in [-0.2, -0.15) is 0 Å². The van der Waals surface area contributed by atoms with Crippen LogP contribution >= 0.6 is 11.3 Å². The molecule has 1 N–H and O–H groups in total. The van der Waals surface area contributed by atoms with Crippen molar-refractivity contribution >= 4 is 27.3 Å². The van der Waals surface area contributed by atoms with Crippen molar-refractivity contribution in [2.75, 3.05) is 0 Å². The number of aromatic amines is 1. The summed E-state index contributed by atoms with van der Waals surface area (Å²) >= 11 is 1.12. The third-order valence-corrected chi connectivity index (χ3v) is 3.81. The first-order valence-electron chi connectivity index (χ1n) is 5.88. The zero-order valence-corrected chi connectivity index (χ0v) is 11.1. The number of nitrogens with one attached hydrogen (secondary N) is 1. The van der Waals surface area contributed by atoms with E-state index < -0.39 is 0 Å². The third kappa shape index (κ3) is 2.22. The van der Waals surface area contributed by atoms with Gasteiger partial charge >= 0.3 is 4.87 Å². The number of fused-ring (bicyclic) bond motifs is 1. The van der Waals surface area contributed by atoms with Crippen molar-refractivity contribution in [1.82, 2.24) is 4.98 Å². The lowest BCUT2D eigenvalue weighted by Crippen LogP contribution is -2.01. The van der Waals surface area contributed by atoms with Gasteiger partial charge < -0.3 is 4.98 Å². The number of hydrogen-bond acceptors (Lipinski definition) is 3. The smallest absolute Gasteiger partial charge is 0.305 e. The second kappa shape index (κ2) is 4.48. The molecule has 0 aliphatic rings. The minimum Gasteiger partial charge on any atom is -0.312 e. The molecule has 1 heterocycles. The van der Waals surface area contributed by atoms with Gasteiger partial charge in [-0.15, -0.1) is 0 Å². The van der Waals surface area contributed by atoms with E-state index in [1.807, 2.05) is 25.1 Å². The summed E-state index contributed by atoms with van der Waals surface area (Å²) < 4.78 is 0.809. The van der Waals surface area contributed by atoms with Crippen LogP contribution < -0.4 is 4.87 Å². The highest BCUT2D eigenvalue weighted by Gasteiger charge is 2.10. The maximum Gasteiger partial charge on any atom is 0.305 e. The van der Waals surface area contributed by atoms with E-state index >= 15 is 0 Å². The Morgan fingerprint density at radius 2 is 1.89 bits per heavy atom. The summed E-state index contributed by atoms with van der Waals surface area (Å²) in [5, 5.41) is 0. The van der Waals surface area contributed by atoms with Crippen molar-refractivity contribution in [3.63, 3.8) is 0 Å². The normalized spacial score (nSPS) is 10.8. The second-order valence-corrected chi connectivity index (χ2v) is 5.44. The lowest BCUT2D eigenvalue weighted by atomic mass is 10.0. The number of aryl methyl sites for hydroxylation is 1. The molecule has 3 nitrogen and oxygen atoms in total. The van der Waals surface area contributed by atoms with E-state index in [0.29, 0.717) is 11.1 Å². The molecule has 4 heteroatoms. The molecule has 0 atom stereocenters. The molecular weight excluding hydrogens is 258 g/mol. The fourth-order valence-corrected chi connectivity index (χ4v) is 2.82. The Morgan fingerprint density at radius 1 is 1.11 bits per heavy atom. The van der Waals surface area contributed by atoms with E-state index in [1.165, 1.54) is 0 Å². The summed E-state index contributed by atoms with van der Waals surface area (Å²) in [6.07, 6.45) is 0. The maximum absolute atomic E-state index is 12.4. The number of thiazole rings is 1. The summed E-state index contributed by atoms with van der Waals surface area (Å²) in [7, 11) is 0. The van der Waals surface area contributed by atoms with Gasteiger partial charge in [-0.05, 0) is 31.2 Å². The summed E-state index contributed by atoms with van der Waals surface area (Å²) in [4.78, 5) is 26.3. The van der Waals surface area contributed by atoms with Gasteiger partial charge in [0, 0.05) is 11.1 Å². The maximum atomic E-state index is 12.4. The monoisotopic (exact) mass is 269 g/mol. The number of carbonyl (C=O) groups is 1. The van der Waals surface area contributed by atoms with E-state index in [9.17, 15) is 9.59 Å². The summed E-state index contributed by atoms with van der Waals surface area (Å²) in [6.45, 7) is 1.96. The predicted octanol–water partition coefficient (Wildman–Crippen LogP) is 3.13. The average Bonchev–Trinajstić information content (AvgIpc) is 2.76. The van der Waals surface area contributed by atoms with Crippen molar-refractivity contribution in [2.24, 2.45) is 0 Å². The lowest BCUT2D eigenvalue weighted by Gasteiger charge is -2.02. The van der Waals surface area contributed by atoms with Gasteiger partial charge in [0.05, 0.1) is 10.2 Å². The number of hydrogen-bond donors (Lipinski definition) is 1. The molecule has 2 aromatic carbocycles. The summed E-state index contributed by atoms with van der Waals surface area (Å²) in [6, 6.07) is 12.8. The molecule has 1 aromatic heterocycles. The molecule has 94 valence electrons. The highest BCUT2D eigenvalue weighted by molar-refractivity contribution is 7.16. The first-order valence-corrected chi connectivity index (χ1v) is 6.69. The number of rotatable bonds is 2. The van der Waals surface area contributed by atoms with Crippen LogP contribution in [0.3, 0.4) is 0 Å². The van der Waals surface area contributed by atoms with E-state index in [1.54, 1.807) is 24.3 Å². The number of benzene rings is 2. The van der Waals surface area contributed by atoms with Crippen LogP contribution in [0.15, 0.2) is 47.3 Å². The first-order chi connectivity index (χ1) is 9.13. The largest absolute Gasteiger partial charge is 0.312 e. The Kier molecular flexibility index (Phi) is 2.80. The fourth-order valence-electron chi connectivity index (χ4n) is 2.04. The minimum absolute atomic E-state index is 0.0218. The number of H-pyrrole nitrogens is 1. The van der Waals surface area contributed by atoms with Crippen LogP contribution in [-0.2, 0) is 0 Å². The highest BCUT2D eigenvalue weighted by Crippen LogP contribution is 2.19. The van der Waals surface area contributed by atoms with Gasteiger partial charge in [0.15, 0.2) is 5.78 Å². The van der Waals surface area contributed by atoms with Crippen LogP contribution in [0.2, 0.25) is 0 Å². The van der Waals surface area contributed by atoms with E-state index in [0.717, 1.165) is 27.1 Å². The molecule has 0 saturated heterocycles. The van der Waals surface area contributed by atoms with Gasteiger partial charge in [0.25, 0.3) is 0 Å². The number of carbonyl (C=O) groups excluding carboxylic acids is 1. The van der Waals surface area contributed by atoms with Crippen LogP contribution in [0.25, 0.3) is 10.2 Å². The van der Waals surface area contributed by atoms with E-state index in [4.69, 9.17) is 0 Å². The molecule has 3 aromatic rings. The summed E-state index contributed by atoms with van der Waals surface area (Å²) in [5.41, 5.74) is 3.10.